The molecule has 0 aliphatic carbocycles. The molecular formula is C29H34N6O. The second-order valence-electron chi connectivity index (χ2n) is 10.1. The molecule has 1 N–H and O–H groups in total. The van der Waals surface area contributed by atoms with Crippen molar-refractivity contribution >= 4 is 17.2 Å². The van der Waals surface area contributed by atoms with E-state index in [9.17, 15) is 4.79 Å². The molecule has 0 bridgehead atoms. The lowest BCUT2D eigenvalue weighted by molar-refractivity contribution is -0.116. The fraction of sp³-hybridized carbons (Fsp3) is 0.345. The first-order chi connectivity index (χ1) is 17.5. The lowest BCUT2D eigenvalue weighted by Gasteiger charge is -2.32. The number of anilines is 1. The molecule has 0 spiro atoms. The summed E-state index contributed by atoms with van der Waals surface area (Å²) in [7, 11) is 2.18. The fourth-order valence-corrected chi connectivity index (χ4v) is 4.75. The van der Waals surface area contributed by atoms with E-state index in [-0.39, 0.29) is 5.91 Å². The van der Waals surface area contributed by atoms with Crippen LogP contribution >= 0.6 is 0 Å². The molecule has 5 rings (SSSR count). The Labute approximate surface area is 212 Å². The number of amides is 1. The second-order valence-corrected chi connectivity index (χ2v) is 10.1. The number of carbonyl (C=O) groups is 1. The third-order valence-electron chi connectivity index (χ3n) is 6.68. The van der Waals surface area contributed by atoms with Gasteiger partial charge in [-0.2, -0.15) is 5.10 Å². The van der Waals surface area contributed by atoms with Crippen molar-refractivity contribution in [2.75, 3.05) is 38.5 Å². The Morgan fingerprint density at radius 1 is 1.00 bits per heavy atom. The summed E-state index contributed by atoms with van der Waals surface area (Å²) in [6.07, 6.45) is 4.23. The number of hydrogen-bond acceptors (Lipinski definition) is 5. The van der Waals surface area contributed by atoms with Crippen molar-refractivity contribution in [1.29, 1.82) is 0 Å². The molecule has 0 unspecified atom stereocenters. The van der Waals surface area contributed by atoms with E-state index in [2.05, 4.69) is 51.4 Å². The van der Waals surface area contributed by atoms with Gasteiger partial charge in [-0.1, -0.05) is 44.2 Å². The molecule has 1 amide bonds. The van der Waals surface area contributed by atoms with Gasteiger partial charge in [0, 0.05) is 62.2 Å². The zero-order valence-electron chi connectivity index (χ0n) is 21.3. The maximum Gasteiger partial charge on any atom is 0.224 e. The van der Waals surface area contributed by atoms with E-state index >= 15 is 0 Å². The van der Waals surface area contributed by atoms with Gasteiger partial charge in [0.2, 0.25) is 5.91 Å². The average Bonchev–Trinajstić information content (AvgIpc) is 3.30. The number of likely N-dealkylation sites (N-methyl/N-ethyl adjacent to an activating group) is 1. The number of aromatic nitrogens is 3. The Hall–Kier alpha value is -3.55. The highest BCUT2D eigenvalue weighted by Crippen LogP contribution is 2.29. The zero-order valence-corrected chi connectivity index (χ0v) is 21.3. The predicted molar refractivity (Wildman–Crippen MR) is 145 cm³/mol. The zero-order chi connectivity index (χ0) is 25.1. The molecule has 1 saturated heterocycles. The van der Waals surface area contributed by atoms with Gasteiger partial charge in [0.15, 0.2) is 5.65 Å². The first kappa shape index (κ1) is 24.2. The van der Waals surface area contributed by atoms with Crippen molar-refractivity contribution in [1.82, 2.24) is 24.4 Å². The number of nitrogens with one attached hydrogen (secondary N) is 1. The number of hydrogen-bond donors (Lipinski definition) is 1. The van der Waals surface area contributed by atoms with Crippen molar-refractivity contribution in [2.45, 2.75) is 26.8 Å². The van der Waals surface area contributed by atoms with Crippen LogP contribution in [0, 0.1) is 5.92 Å². The largest absolute Gasteiger partial charge is 0.326 e. The van der Waals surface area contributed by atoms with E-state index in [1.54, 1.807) is 0 Å². The van der Waals surface area contributed by atoms with Crippen LogP contribution in [-0.2, 0) is 11.3 Å². The highest BCUT2D eigenvalue weighted by molar-refractivity contribution is 5.91. The van der Waals surface area contributed by atoms with E-state index in [4.69, 9.17) is 5.10 Å². The molecular weight excluding hydrogens is 448 g/mol. The summed E-state index contributed by atoms with van der Waals surface area (Å²) in [5.74, 6) is 0.343. The van der Waals surface area contributed by atoms with Crippen LogP contribution < -0.4 is 5.32 Å². The summed E-state index contributed by atoms with van der Waals surface area (Å²) in [5, 5.41) is 7.72. The number of benzene rings is 2. The summed E-state index contributed by atoms with van der Waals surface area (Å²) >= 11 is 0. The molecule has 1 fully saturated rings. The number of nitrogens with zero attached hydrogens (tertiary/aromatic N) is 5. The Bertz CT molecular complexity index is 1350. The highest BCUT2D eigenvalue weighted by Gasteiger charge is 2.16. The van der Waals surface area contributed by atoms with Crippen molar-refractivity contribution in [2.24, 2.45) is 5.92 Å². The molecule has 7 nitrogen and oxygen atoms in total. The number of piperazine rings is 1. The quantitative estimate of drug-likeness (QED) is 0.410. The van der Waals surface area contributed by atoms with Crippen LogP contribution in [0.3, 0.4) is 0 Å². The summed E-state index contributed by atoms with van der Waals surface area (Å²) in [6, 6.07) is 18.6. The van der Waals surface area contributed by atoms with Gasteiger partial charge in [0.05, 0.1) is 11.9 Å². The fourth-order valence-electron chi connectivity index (χ4n) is 4.75. The molecule has 7 heteroatoms. The van der Waals surface area contributed by atoms with E-state index < -0.39 is 0 Å². The first-order valence-electron chi connectivity index (χ1n) is 12.7. The minimum atomic E-state index is 0.0276. The Morgan fingerprint density at radius 3 is 2.58 bits per heavy atom. The second kappa shape index (κ2) is 10.6. The van der Waals surface area contributed by atoms with Gasteiger partial charge in [0.25, 0.3) is 0 Å². The average molecular weight is 483 g/mol. The van der Waals surface area contributed by atoms with Crippen molar-refractivity contribution in [3.05, 3.63) is 72.6 Å². The Balaban J connectivity index is 1.41. The number of carbonyl (C=O) groups excluding carboxylic acids is 1. The minimum Gasteiger partial charge on any atom is -0.326 e. The standard InChI is InChI=1S/C29H34N6O/c1-21(2)16-28(36)32-25-9-5-8-24(18-25)27-10-11-30-29-26(19-31-35(27)29)23-7-4-6-22(17-23)20-34-14-12-33(3)13-15-34/h4-11,17-19,21H,12-16,20H2,1-3H3,(H,32,36). The lowest BCUT2D eigenvalue weighted by atomic mass is 10.0. The van der Waals surface area contributed by atoms with Crippen molar-refractivity contribution in [3.63, 3.8) is 0 Å². The maximum atomic E-state index is 12.3. The summed E-state index contributed by atoms with van der Waals surface area (Å²) in [5.41, 5.74) is 6.94. The SMILES string of the molecule is CC(C)CC(=O)Nc1cccc(-c2ccnc3c(-c4cccc(CN5CCN(C)CC5)c4)cnn23)c1. The molecule has 186 valence electrons. The molecule has 0 saturated carbocycles. The van der Waals surface area contributed by atoms with Crippen LogP contribution in [0.15, 0.2) is 67.0 Å². The minimum absolute atomic E-state index is 0.0276. The Morgan fingerprint density at radius 2 is 1.78 bits per heavy atom. The molecule has 2 aromatic carbocycles. The lowest BCUT2D eigenvalue weighted by Crippen LogP contribution is -2.43. The van der Waals surface area contributed by atoms with E-state index in [0.29, 0.717) is 12.3 Å². The Kier molecular flexibility index (Phi) is 7.11. The van der Waals surface area contributed by atoms with Gasteiger partial charge in [-0.15, -0.1) is 0 Å². The monoisotopic (exact) mass is 482 g/mol. The van der Waals surface area contributed by atoms with Gasteiger partial charge in [0.1, 0.15) is 0 Å². The predicted octanol–water partition coefficient (Wildman–Crippen LogP) is 4.80. The van der Waals surface area contributed by atoms with Crippen LogP contribution in [-0.4, -0.2) is 63.5 Å². The number of fused-ring (bicyclic) bond motifs is 1. The molecule has 2 aromatic heterocycles. The van der Waals surface area contributed by atoms with Crippen LogP contribution in [0.25, 0.3) is 28.0 Å². The van der Waals surface area contributed by atoms with E-state index in [1.165, 1.54) is 5.56 Å². The summed E-state index contributed by atoms with van der Waals surface area (Å²) in [6.45, 7) is 9.46. The van der Waals surface area contributed by atoms with Crippen LogP contribution in [0.5, 0.6) is 0 Å². The molecule has 1 aliphatic heterocycles. The molecule has 4 aromatic rings. The third kappa shape index (κ3) is 5.48. The van der Waals surface area contributed by atoms with Crippen LogP contribution in [0.2, 0.25) is 0 Å². The van der Waals surface area contributed by atoms with Gasteiger partial charge >= 0.3 is 0 Å². The smallest absolute Gasteiger partial charge is 0.224 e. The normalized spacial score (nSPS) is 15.0. The molecule has 0 atom stereocenters. The molecule has 1 aliphatic rings. The van der Waals surface area contributed by atoms with E-state index in [1.807, 2.05) is 61.1 Å². The van der Waals surface area contributed by atoms with Crippen molar-refractivity contribution in [3.8, 4) is 22.4 Å². The first-order valence-corrected chi connectivity index (χ1v) is 12.7. The maximum absolute atomic E-state index is 12.3. The van der Waals surface area contributed by atoms with Crippen molar-refractivity contribution < 1.29 is 4.79 Å². The van der Waals surface area contributed by atoms with Gasteiger partial charge < -0.3 is 10.2 Å². The topological polar surface area (TPSA) is 65.8 Å². The highest BCUT2D eigenvalue weighted by atomic mass is 16.1. The molecule has 3 heterocycles. The summed E-state index contributed by atoms with van der Waals surface area (Å²) in [4.78, 5) is 21.8. The molecule has 36 heavy (non-hydrogen) atoms. The van der Waals surface area contributed by atoms with Gasteiger partial charge in [-0.05, 0) is 48.4 Å². The third-order valence-corrected chi connectivity index (χ3v) is 6.68. The van der Waals surface area contributed by atoms with Gasteiger partial charge in [-0.25, -0.2) is 9.50 Å². The number of rotatable bonds is 7. The van der Waals surface area contributed by atoms with Crippen LogP contribution in [0.4, 0.5) is 5.69 Å². The molecule has 0 radical (unpaired) electrons. The summed E-state index contributed by atoms with van der Waals surface area (Å²) < 4.78 is 1.89. The van der Waals surface area contributed by atoms with E-state index in [0.717, 1.165) is 66.4 Å². The van der Waals surface area contributed by atoms with Gasteiger partial charge in [-0.3, -0.25) is 9.69 Å². The van der Waals surface area contributed by atoms with Crippen LogP contribution in [0.1, 0.15) is 25.8 Å².